The van der Waals surface area contributed by atoms with E-state index in [4.69, 9.17) is 0 Å². The van der Waals surface area contributed by atoms with Gasteiger partial charge in [0.25, 0.3) is 10.0 Å². The normalized spacial score (nSPS) is 19.7. The Morgan fingerprint density at radius 1 is 1.61 bits per heavy atom. The van der Waals surface area contributed by atoms with E-state index in [1.54, 1.807) is 7.05 Å². The van der Waals surface area contributed by atoms with Crippen LogP contribution >= 0.6 is 12.4 Å². The summed E-state index contributed by atoms with van der Waals surface area (Å²) >= 11 is 0. The van der Waals surface area contributed by atoms with Crippen molar-refractivity contribution in [2.75, 3.05) is 19.6 Å². The number of hydrogen-bond donors (Lipinski definition) is 2. The fourth-order valence-corrected chi connectivity index (χ4v) is 3.06. The summed E-state index contributed by atoms with van der Waals surface area (Å²) < 4.78 is 27.5. The number of nitrogens with zero attached hydrogens (tertiary/aromatic N) is 3. The van der Waals surface area contributed by atoms with Gasteiger partial charge in [0.15, 0.2) is 5.03 Å². The van der Waals surface area contributed by atoms with Crippen molar-refractivity contribution in [2.24, 2.45) is 13.0 Å². The number of aromatic nitrogens is 3. The summed E-state index contributed by atoms with van der Waals surface area (Å²) in [5.74, 6) is 0.572. The molecule has 0 saturated carbocycles. The van der Waals surface area contributed by atoms with Crippen LogP contribution in [0.1, 0.15) is 12.8 Å². The highest BCUT2D eigenvalue weighted by Crippen LogP contribution is 2.12. The van der Waals surface area contributed by atoms with Gasteiger partial charge in [-0.15, -0.1) is 17.5 Å². The standard InChI is InChI=1S/C9H17N5O2S.ClH/c1-14-9(7-11-13-14)17(15,16)12-5-3-8-2-4-10-6-8;/h7-8,10,12H,2-6H2,1H3;1H. The van der Waals surface area contributed by atoms with Crippen molar-refractivity contribution in [3.05, 3.63) is 6.20 Å². The summed E-state index contributed by atoms with van der Waals surface area (Å²) in [4.78, 5) is 0. The predicted molar refractivity (Wildman–Crippen MR) is 69.0 cm³/mol. The molecular weight excluding hydrogens is 278 g/mol. The summed E-state index contributed by atoms with van der Waals surface area (Å²) in [5, 5.41) is 10.5. The Labute approximate surface area is 113 Å². The molecule has 2 heterocycles. The average Bonchev–Trinajstić information content (AvgIpc) is 2.88. The van der Waals surface area contributed by atoms with Gasteiger partial charge in [-0.05, 0) is 31.8 Å². The van der Waals surface area contributed by atoms with Gasteiger partial charge >= 0.3 is 0 Å². The molecule has 1 aliphatic rings. The van der Waals surface area contributed by atoms with Crippen molar-refractivity contribution < 1.29 is 8.42 Å². The molecular formula is C9H18ClN5O2S. The Hall–Kier alpha value is -0.700. The summed E-state index contributed by atoms with van der Waals surface area (Å²) in [6.45, 7) is 2.47. The minimum atomic E-state index is -3.47. The van der Waals surface area contributed by atoms with Crippen LogP contribution in [-0.4, -0.2) is 43.0 Å². The highest BCUT2D eigenvalue weighted by molar-refractivity contribution is 7.89. The van der Waals surface area contributed by atoms with E-state index < -0.39 is 10.0 Å². The average molecular weight is 296 g/mol. The van der Waals surface area contributed by atoms with E-state index in [-0.39, 0.29) is 17.4 Å². The van der Waals surface area contributed by atoms with Gasteiger partial charge in [0.1, 0.15) is 0 Å². The molecule has 1 aromatic heterocycles. The molecule has 7 nitrogen and oxygen atoms in total. The SMILES string of the molecule is Cl.Cn1nncc1S(=O)(=O)NCCC1CCNC1. The summed E-state index contributed by atoms with van der Waals surface area (Å²) in [5.41, 5.74) is 0. The van der Waals surface area contributed by atoms with Gasteiger partial charge in [0, 0.05) is 13.6 Å². The van der Waals surface area contributed by atoms with Crippen molar-refractivity contribution in [1.82, 2.24) is 25.0 Å². The van der Waals surface area contributed by atoms with Crippen LogP contribution in [0.25, 0.3) is 0 Å². The van der Waals surface area contributed by atoms with Crippen LogP contribution in [0.2, 0.25) is 0 Å². The lowest BCUT2D eigenvalue weighted by atomic mass is 10.1. The van der Waals surface area contributed by atoms with E-state index in [9.17, 15) is 8.42 Å². The Morgan fingerprint density at radius 3 is 2.94 bits per heavy atom. The highest BCUT2D eigenvalue weighted by Gasteiger charge is 2.20. The van der Waals surface area contributed by atoms with E-state index >= 15 is 0 Å². The van der Waals surface area contributed by atoms with Crippen LogP contribution in [0.3, 0.4) is 0 Å². The maximum Gasteiger partial charge on any atom is 0.259 e. The van der Waals surface area contributed by atoms with E-state index in [1.807, 2.05) is 0 Å². The molecule has 0 aromatic carbocycles. The molecule has 0 bridgehead atoms. The smallest absolute Gasteiger partial charge is 0.259 e. The molecule has 1 atom stereocenters. The molecule has 104 valence electrons. The third-order valence-electron chi connectivity index (χ3n) is 2.96. The Bertz CT molecular complexity index is 469. The zero-order valence-corrected chi connectivity index (χ0v) is 11.8. The van der Waals surface area contributed by atoms with Crippen molar-refractivity contribution in [1.29, 1.82) is 0 Å². The third-order valence-corrected chi connectivity index (χ3v) is 4.46. The van der Waals surface area contributed by atoms with Crippen LogP contribution in [0.5, 0.6) is 0 Å². The van der Waals surface area contributed by atoms with E-state index in [1.165, 1.54) is 10.9 Å². The molecule has 2 rings (SSSR count). The Kier molecular flexibility index (Phi) is 5.51. The minimum Gasteiger partial charge on any atom is -0.316 e. The first-order valence-electron chi connectivity index (χ1n) is 5.64. The topological polar surface area (TPSA) is 88.9 Å². The molecule has 0 radical (unpaired) electrons. The summed E-state index contributed by atoms with van der Waals surface area (Å²) in [6, 6.07) is 0. The molecule has 0 aliphatic carbocycles. The van der Waals surface area contributed by atoms with Gasteiger partial charge in [-0.1, -0.05) is 5.21 Å². The van der Waals surface area contributed by atoms with Crippen LogP contribution in [0.4, 0.5) is 0 Å². The van der Waals surface area contributed by atoms with Crippen molar-refractivity contribution >= 4 is 22.4 Å². The maximum absolute atomic E-state index is 11.9. The first kappa shape index (κ1) is 15.4. The molecule has 1 unspecified atom stereocenters. The number of halogens is 1. The van der Waals surface area contributed by atoms with E-state index in [0.29, 0.717) is 12.5 Å². The van der Waals surface area contributed by atoms with E-state index in [0.717, 1.165) is 25.9 Å². The number of hydrogen-bond acceptors (Lipinski definition) is 5. The van der Waals surface area contributed by atoms with Crippen molar-refractivity contribution in [2.45, 2.75) is 17.9 Å². The van der Waals surface area contributed by atoms with E-state index in [2.05, 4.69) is 20.4 Å². The van der Waals surface area contributed by atoms with Crippen molar-refractivity contribution in [3.63, 3.8) is 0 Å². The predicted octanol–water partition coefficient (Wildman–Crippen LogP) is -0.485. The molecule has 1 aromatic rings. The molecule has 1 fully saturated rings. The second-order valence-corrected chi connectivity index (χ2v) is 5.95. The second kappa shape index (κ2) is 6.46. The number of nitrogens with one attached hydrogen (secondary N) is 2. The molecule has 18 heavy (non-hydrogen) atoms. The van der Waals surface area contributed by atoms with Gasteiger partial charge in [0.2, 0.25) is 0 Å². The fraction of sp³-hybridized carbons (Fsp3) is 0.778. The molecule has 1 aliphatic heterocycles. The van der Waals surface area contributed by atoms with Gasteiger partial charge in [0.05, 0.1) is 6.20 Å². The first-order chi connectivity index (χ1) is 8.09. The minimum absolute atomic E-state index is 0. The third kappa shape index (κ3) is 3.64. The van der Waals surface area contributed by atoms with Crippen LogP contribution in [-0.2, 0) is 17.1 Å². The molecule has 0 amide bonds. The summed E-state index contributed by atoms with van der Waals surface area (Å²) in [6.07, 6.45) is 3.23. The van der Waals surface area contributed by atoms with Gasteiger partial charge in [-0.3, -0.25) is 0 Å². The monoisotopic (exact) mass is 295 g/mol. The van der Waals surface area contributed by atoms with Gasteiger partial charge < -0.3 is 5.32 Å². The maximum atomic E-state index is 11.9. The first-order valence-corrected chi connectivity index (χ1v) is 7.13. The zero-order chi connectivity index (χ0) is 12.3. The summed E-state index contributed by atoms with van der Waals surface area (Å²) in [7, 11) is -1.91. The van der Waals surface area contributed by atoms with Gasteiger partial charge in [-0.2, -0.15) is 0 Å². The second-order valence-electron chi connectivity index (χ2n) is 4.24. The quantitative estimate of drug-likeness (QED) is 0.765. The molecule has 9 heteroatoms. The number of sulfonamides is 1. The highest BCUT2D eigenvalue weighted by atomic mass is 35.5. The lowest BCUT2D eigenvalue weighted by Crippen LogP contribution is -2.28. The Morgan fingerprint density at radius 2 is 2.39 bits per heavy atom. The van der Waals surface area contributed by atoms with Gasteiger partial charge in [-0.25, -0.2) is 17.8 Å². The Balaban J connectivity index is 0.00000162. The lowest BCUT2D eigenvalue weighted by Gasteiger charge is -2.09. The molecule has 0 spiro atoms. The van der Waals surface area contributed by atoms with Crippen LogP contribution in [0, 0.1) is 5.92 Å². The van der Waals surface area contributed by atoms with Crippen molar-refractivity contribution in [3.8, 4) is 0 Å². The molecule has 2 N–H and O–H groups in total. The lowest BCUT2D eigenvalue weighted by molar-refractivity contribution is 0.515. The zero-order valence-electron chi connectivity index (χ0n) is 10.2. The largest absolute Gasteiger partial charge is 0.316 e. The number of rotatable bonds is 5. The fourth-order valence-electron chi connectivity index (χ4n) is 1.96. The van der Waals surface area contributed by atoms with Crippen LogP contribution < -0.4 is 10.0 Å². The molecule has 1 saturated heterocycles. The number of aryl methyl sites for hydroxylation is 1. The van der Waals surface area contributed by atoms with Crippen LogP contribution in [0.15, 0.2) is 11.2 Å².